The number of pyridine rings is 1. The van der Waals surface area contributed by atoms with E-state index in [0.29, 0.717) is 41.0 Å². The molecular formula is C41H45N5O7. The Balaban J connectivity index is 0.827. The third-order valence-corrected chi connectivity index (χ3v) is 9.24. The molecule has 6 rings (SSSR count). The number of H-pyrrole nitrogens is 1. The molecule has 1 atom stereocenters. The van der Waals surface area contributed by atoms with E-state index in [1.165, 1.54) is 12.1 Å². The number of aromatic nitrogens is 1. The number of phenols is 1. The van der Waals surface area contributed by atoms with Crippen molar-refractivity contribution in [3.8, 4) is 22.6 Å². The molecule has 4 aromatic carbocycles. The van der Waals surface area contributed by atoms with Gasteiger partial charge in [0.25, 0.3) is 0 Å². The number of carbonyl (C=O) groups is 2. The molecular weight excluding hydrogens is 674 g/mol. The van der Waals surface area contributed by atoms with E-state index in [1.807, 2.05) is 66.7 Å². The van der Waals surface area contributed by atoms with Gasteiger partial charge in [-0.05, 0) is 59.9 Å². The highest BCUT2D eigenvalue weighted by atomic mass is 16.6. The number of aromatic hydroxyl groups is 1. The van der Waals surface area contributed by atoms with Gasteiger partial charge in [-0.25, -0.2) is 4.79 Å². The Hall–Kier alpha value is -5.53. The SMILES string of the molecule is O=C(CNCCN1CCC(OC(=O)Nc2ccccc2-c2ccccc2)CC1)COc1ccc(CNCC(O)c2ccc(O)c3[nH]c(=O)ccc23)cc1. The predicted molar refractivity (Wildman–Crippen MR) is 204 cm³/mol. The Morgan fingerprint density at radius 1 is 0.887 bits per heavy atom. The van der Waals surface area contributed by atoms with Gasteiger partial charge in [0.15, 0.2) is 5.78 Å². The van der Waals surface area contributed by atoms with Crippen LogP contribution in [0, 0.1) is 0 Å². The molecule has 1 aromatic heterocycles. The molecule has 1 amide bonds. The zero-order valence-electron chi connectivity index (χ0n) is 29.4. The van der Waals surface area contributed by atoms with Crippen LogP contribution < -0.4 is 26.2 Å². The van der Waals surface area contributed by atoms with Crippen LogP contribution in [0.1, 0.15) is 30.1 Å². The van der Waals surface area contributed by atoms with Gasteiger partial charge in [0.2, 0.25) is 5.56 Å². The lowest BCUT2D eigenvalue weighted by atomic mass is 10.0. The summed E-state index contributed by atoms with van der Waals surface area (Å²) in [7, 11) is 0. The zero-order valence-corrected chi connectivity index (χ0v) is 29.4. The summed E-state index contributed by atoms with van der Waals surface area (Å²) in [6.07, 6.45) is 0.0504. The number of carbonyl (C=O) groups excluding carboxylic acids is 2. The number of piperidine rings is 1. The Labute approximate surface area is 307 Å². The summed E-state index contributed by atoms with van der Waals surface area (Å²) in [6.45, 7) is 3.99. The number of nitrogens with zero attached hydrogens (tertiary/aromatic N) is 1. The van der Waals surface area contributed by atoms with Crippen molar-refractivity contribution in [2.75, 3.05) is 51.2 Å². The van der Waals surface area contributed by atoms with Gasteiger partial charge in [-0.1, -0.05) is 66.7 Å². The number of para-hydroxylation sites is 1. The zero-order chi connectivity index (χ0) is 37.0. The van der Waals surface area contributed by atoms with Crippen LogP contribution in [-0.2, 0) is 16.1 Å². The van der Waals surface area contributed by atoms with Crippen molar-refractivity contribution in [2.24, 2.45) is 0 Å². The highest BCUT2D eigenvalue weighted by Gasteiger charge is 2.23. The quantitative estimate of drug-likeness (QED) is 0.0767. The van der Waals surface area contributed by atoms with Crippen LogP contribution >= 0.6 is 0 Å². The number of aromatic amines is 1. The first kappa shape index (κ1) is 37.2. The van der Waals surface area contributed by atoms with Gasteiger partial charge in [0.05, 0.1) is 23.9 Å². The first-order valence-corrected chi connectivity index (χ1v) is 17.8. The van der Waals surface area contributed by atoms with E-state index < -0.39 is 12.2 Å². The standard InChI is InChI=1S/C41H45N5O7/c47-30(27-52-31-12-10-28(11-13-31)24-43-26-38(49)34-14-16-37(48)40-35(34)15-17-39(50)45-40)25-42-20-23-46-21-18-32(19-22-46)53-41(51)44-36-9-5-4-8-33(36)29-6-2-1-3-7-29/h1-17,32,38,42-43,48-49H,18-27H2,(H,44,51)(H,45,50). The Morgan fingerprint density at radius 3 is 2.43 bits per heavy atom. The summed E-state index contributed by atoms with van der Waals surface area (Å²) in [5, 5.41) is 30.8. The molecule has 0 radical (unpaired) electrons. The minimum Gasteiger partial charge on any atom is -0.506 e. The number of fused-ring (bicyclic) bond motifs is 1. The second-order valence-electron chi connectivity index (χ2n) is 13.1. The fraction of sp³-hybridized carbons (Fsp3) is 0.293. The molecule has 276 valence electrons. The number of aliphatic hydroxyl groups excluding tert-OH is 1. The van der Waals surface area contributed by atoms with E-state index in [0.717, 1.165) is 49.2 Å². The fourth-order valence-corrected chi connectivity index (χ4v) is 6.40. The number of nitrogens with one attached hydrogen (secondary N) is 4. The number of amides is 1. The van der Waals surface area contributed by atoms with Crippen LogP contribution in [0.25, 0.3) is 22.0 Å². The first-order valence-electron chi connectivity index (χ1n) is 17.8. The van der Waals surface area contributed by atoms with Crippen LogP contribution in [0.5, 0.6) is 11.5 Å². The molecule has 5 aromatic rings. The molecule has 0 aliphatic carbocycles. The van der Waals surface area contributed by atoms with Gasteiger partial charge in [-0.3, -0.25) is 14.9 Å². The Bertz CT molecular complexity index is 2030. The number of Topliss-reactive ketones (excluding diaryl/α,β-unsaturated/α-hetero) is 1. The number of hydrogen-bond acceptors (Lipinski definition) is 10. The molecule has 6 N–H and O–H groups in total. The van der Waals surface area contributed by atoms with Gasteiger partial charge in [-0.15, -0.1) is 0 Å². The monoisotopic (exact) mass is 719 g/mol. The van der Waals surface area contributed by atoms with E-state index in [2.05, 4.69) is 25.8 Å². The molecule has 0 saturated carbocycles. The van der Waals surface area contributed by atoms with E-state index in [-0.39, 0.29) is 42.9 Å². The Morgan fingerprint density at radius 2 is 1.64 bits per heavy atom. The van der Waals surface area contributed by atoms with Gasteiger partial charge in [0, 0.05) is 56.3 Å². The molecule has 53 heavy (non-hydrogen) atoms. The number of aliphatic hydroxyl groups is 1. The molecule has 1 fully saturated rings. The van der Waals surface area contributed by atoms with Crippen LogP contribution in [-0.4, -0.2) is 84.0 Å². The maximum Gasteiger partial charge on any atom is 0.411 e. The maximum atomic E-state index is 12.7. The summed E-state index contributed by atoms with van der Waals surface area (Å²) < 4.78 is 11.4. The minimum absolute atomic E-state index is 0.0384. The van der Waals surface area contributed by atoms with Crippen molar-refractivity contribution in [2.45, 2.75) is 31.6 Å². The average molecular weight is 720 g/mol. The van der Waals surface area contributed by atoms with Crippen molar-refractivity contribution >= 4 is 28.5 Å². The summed E-state index contributed by atoms with van der Waals surface area (Å²) in [5.41, 5.74) is 4.21. The number of ketones is 1. The summed E-state index contributed by atoms with van der Waals surface area (Å²) in [4.78, 5) is 41.7. The lowest BCUT2D eigenvalue weighted by Crippen LogP contribution is -2.42. The third-order valence-electron chi connectivity index (χ3n) is 9.24. The molecule has 0 bridgehead atoms. The number of likely N-dealkylation sites (tertiary alicyclic amines) is 1. The Kier molecular flexibility index (Phi) is 12.9. The van der Waals surface area contributed by atoms with Crippen LogP contribution in [0.3, 0.4) is 0 Å². The molecule has 2 heterocycles. The molecule has 1 aliphatic rings. The van der Waals surface area contributed by atoms with Crippen LogP contribution in [0.4, 0.5) is 10.5 Å². The number of ether oxygens (including phenoxy) is 2. The molecule has 12 heteroatoms. The number of benzene rings is 4. The maximum absolute atomic E-state index is 12.7. The second-order valence-corrected chi connectivity index (χ2v) is 13.1. The number of rotatable bonds is 16. The number of anilines is 1. The average Bonchev–Trinajstić information content (AvgIpc) is 3.17. The van der Waals surface area contributed by atoms with Crippen LogP contribution in [0.15, 0.2) is 108 Å². The third kappa shape index (κ3) is 10.5. The summed E-state index contributed by atoms with van der Waals surface area (Å²) in [5.74, 6) is 0.483. The number of phenolic OH excluding ortho intramolecular Hbond substituents is 1. The topological polar surface area (TPSA) is 165 Å². The molecule has 1 aliphatic heterocycles. The highest BCUT2D eigenvalue weighted by Crippen LogP contribution is 2.29. The summed E-state index contributed by atoms with van der Waals surface area (Å²) >= 11 is 0. The smallest absolute Gasteiger partial charge is 0.411 e. The lowest BCUT2D eigenvalue weighted by molar-refractivity contribution is -0.120. The van der Waals surface area contributed by atoms with Crippen molar-refractivity contribution in [3.05, 3.63) is 125 Å². The van der Waals surface area contributed by atoms with E-state index in [1.54, 1.807) is 24.3 Å². The van der Waals surface area contributed by atoms with E-state index in [4.69, 9.17) is 9.47 Å². The highest BCUT2D eigenvalue weighted by molar-refractivity contribution is 5.91. The van der Waals surface area contributed by atoms with E-state index >= 15 is 0 Å². The normalized spacial score (nSPS) is 14.1. The van der Waals surface area contributed by atoms with Crippen molar-refractivity contribution in [1.29, 1.82) is 0 Å². The van der Waals surface area contributed by atoms with Gasteiger partial charge in [0.1, 0.15) is 24.2 Å². The minimum atomic E-state index is -0.854. The summed E-state index contributed by atoms with van der Waals surface area (Å²) in [6, 6.07) is 31.0. The van der Waals surface area contributed by atoms with Gasteiger partial charge in [-0.2, -0.15) is 0 Å². The molecule has 12 nitrogen and oxygen atoms in total. The van der Waals surface area contributed by atoms with Crippen molar-refractivity contribution in [3.63, 3.8) is 0 Å². The predicted octanol–water partition coefficient (Wildman–Crippen LogP) is 4.97. The van der Waals surface area contributed by atoms with Gasteiger partial charge >= 0.3 is 6.09 Å². The number of hydrogen-bond donors (Lipinski definition) is 6. The van der Waals surface area contributed by atoms with Crippen molar-refractivity contribution < 1.29 is 29.3 Å². The molecule has 1 saturated heterocycles. The molecule has 1 unspecified atom stereocenters. The van der Waals surface area contributed by atoms with Crippen LogP contribution in [0.2, 0.25) is 0 Å². The van der Waals surface area contributed by atoms with Crippen molar-refractivity contribution in [1.82, 2.24) is 20.5 Å². The first-order chi connectivity index (χ1) is 25.8. The van der Waals surface area contributed by atoms with Gasteiger partial charge < -0.3 is 40.2 Å². The molecule has 0 spiro atoms. The largest absolute Gasteiger partial charge is 0.506 e. The van der Waals surface area contributed by atoms with E-state index in [9.17, 15) is 24.6 Å². The fourth-order valence-electron chi connectivity index (χ4n) is 6.40. The lowest BCUT2D eigenvalue weighted by Gasteiger charge is -2.31. The second kappa shape index (κ2) is 18.3.